The quantitative estimate of drug-likeness (QED) is 0.718. The molecule has 0 spiro atoms. The van der Waals surface area contributed by atoms with Crippen LogP contribution in [0.4, 0.5) is 5.69 Å². The average Bonchev–Trinajstić information content (AvgIpc) is 2.61. The Morgan fingerprint density at radius 1 is 0.962 bits per heavy atom. The number of benzene rings is 2. The Hall–Kier alpha value is -2.71. The van der Waals surface area contributed by atoms with Crippen LogP contribution in [0.2, 0.25) is 0 Å². The maximum absolute atomic E-state index is 12.5. The Labute approximate surface area is 152 Å². The van der Waals surface area contributed by atoms with Crippen molar-refractivity contribution in [2.75, 3.05) is 12.4 Å². The molecule has 2 aromatic carbocycles. The Morgan fingerprint density at radius 3 is 2.31 bits per heavy atom. The average molecular weight is 375 g/mol. The van der Waals surface area contributed by atoms with Gasteiger partial charge < -0.3 is 10.6 Å². The van der Waals surface area contributed by atoms with Crippen molar-refractivity contribution >= 4 is 27.5 Å². The summed E-state index contributed by atoms with van der Waals surface area (Å²) in [4.78, 5) is 24.8. The van der Waals surface area contributed by atoms with Gasteiger partial charge in [0.05, 0.1) is 16.1 Å². The van der Waals surface area contributed by atoms with Crippen LogP contribution in [0.25, 0.3) is 0 Å². The summed E-state index contributed by atoms with van der Waals surface area (Å²) >= 11 is 0. The summed E-state index contributed by atoms with van der Waals surface area (Å²) in [6.45, 7) is 3.68. The van der Waals surface area contributed by atoms with Crippen molar-refractivity contribution in [2.45, 2.75) is 24.8 Å². The SMILES string of the molecule is CNS(=O)(=O)c1cccc(C(=O)Nc2ccccc2C(=O)NC(C)C)c1. The van der Waals surface area contributed by atoms with Gasteiger partial charge in [-0.25, -0.2) is 13.1 Å². The van der Waals surface area contributed by atoms with Crippen LogP contribution in [-0.4, -0.2) is 33.3 Å². The first-order valence-corrected chi connectivity index (χ1v) is 9.48. The van der Waals surface area contributed by atoms with E-state index >= 15 is 0 Å². The molecule has 0 saturated heterocycles. The number of nitrogens with one attached hydrogen (secondary N) is 3. The highest BCUT2D eigenvalue weighted by atomic mass is 32.2. The molecule has 0 atom stereocenters. The predicted molar refractivity (Wildman–Crippen MR) is 99.7 cm³/mol. The van der Waals surface area contributed by atoms with Gasteiger partial charge in [-0.1, -0.05) is 18.2 Å². The van der Waals surface area contributed by atoms with Crippen LogP contribution in [0.5, 0.6) is 0 Å². The minimum atomic E-state index is -3.66. The molecule has 0 aliphatic heterocycles. The van der Waals surface area contributed by atoms with E-state index in [4.69, 9.17) is 0 Å². The van der Waals surface area contributed by atoms with Gasteiger partial charge in [-0.2, -0.15) is 0 Å². The van der Waals surface area contributed by atoms with Crippen LogP contribution in [0.1, 0.15) is 34.6 Å². The fraction of sp³-hybridized carbons (Fsp3) is 0.222. The summed E-state index contributed by atoms with van der Waals surface area (Å²) in [6, 6.07) is 12.2. The number of anilines is 1. The van der Waals surface area contributed by atoms with E-state index in [2.05, 4.69) is 15.4 Å². The van der Waals surface area contributed by atoms with Crippen LogP contribution < -0.4 is 15.4 Å². The van der Waals surface area contributed by atoms with Crippen LogP contribution in [0.15, 0.2) is 53.4 Å². The molecule has 0 aromatic heterocycles. The van der Waals surface area contributed by atoms with Gasteiger partial charge in [-0.3, -0.25) is 9.59 Å². The summed E-state index contributed by atoms with van der Waals surface area (Å²) in [5.74, 6) is -0.814. The van der Waals surface area contributed by atoms with Gasteiger partial charge in [0, 0.05) is 11.6 Å². The molecule has 0 fully saturated rings. The van der Waals surface area contributed by atoms with Gasteiger partial charge in [0.1, 0.15) is 0 Å². The molecule has 8 heteroatoms. The topological polar surface area (TPSA) is 104 Å². The normalized spacial score (nSPS) is 11.2. The van der Waals surface area contributed by atoms with Gasteiger partial charge in [0.2, 0.25) is 10.0 Å². The Morgan fingerprint density at radius 2 is 1.65 bits per heavy atom. The minimum absolute atomic E-state index is 0.0153. The number of carbonyl (C=O) groups excluding carboxylic acids is 2. The molecular weight excluding hydrogens is 354 g/mol. The molecule has 0 saturated carbocycles. The zero-order valence-electron chi connectivity index (χ0n) is 14.7. The zero-order chi connectivity index (χ0) is 19.3. The summed E-state index contributed by atoms with van der Waals surface area (Å²) in [5, 5.41) is 5.43. The van der Waals surface area contributed by atoms with Gasteiger partial charge in [0.15, 0.2) is 0 Å². The molecule has 0 heterocycles. The molecule has 2 rings (SSSR count). The molecule has 0 unspecified atom stereocenters. The molecule has 3 N–H and O–H groups in total. The molecule has 0 bridgehead atoms. The Bertz CT molecular complexity index is 924. The third-order valence-corrected chi connectivity index (χ3v) is 4.93. The summed E-state index contributed by atoms with van der Waals surface area (Å²) in [6.07, 6.45) is 0. The number of hydrogen-bond donors (Lipinski definition) is 3. The van der Waals surface area contributed by atoms with Crippen LogP contribution in [0, 0.1) is 0 Å². The third-order valence-electron chi connectivity index (χ3n) is 3.51. The van der Waals surface area contributed by atoms with Crippen molar-refractivity contribution in [1.82, 2.24) is 10.0 Å². The number of amides is 2. The van der Waals surface area contributed by atoms with Crippen LogP contribution in [-0.2, 0) is 10.0 Å². The van der Waals surface area contributed by atoms with E-state index in [0.717, 1.165) is 0 Å². The van der Waals surface area contributed by atoms with Crippen LogP contribution >= 0.6 is 0 Å². The standard InChI is InChI=1S/C18H21N3O4S/c1-12(2)20-18(23)15-9-4-5-10-16(15)21-17(22)13-7-6-8-14(11-13)26(24,25)19-3/h4-12,19H,1-3H3,(H,20,23)(H,21,22). The molecule has 2 amide bonds. The van der Waals surface area contributed by atoms with E-state index in [-0.39, 0.29) is 22.4 Å². The van der Waals surface area contributed by atoms with Gasteiger partial charge in [-0.05, 0) is 51.2 Å². The predicted octanol–water partition coefficient (Wildman–Crippen LogP) is 1.99. The van der Waals surface area contributed by atoms with Gasteiger partial charge in [0.25, 0.3) is 11.8 Å². The molecule has 0 aliphatic carbocycles. The second-order valence-electron chi connectivity index (χ2n) is 5.86. The first kappa shape index (κ1) is 19.6. The fourth-order valence-corrected chi connectivity index (χ4v) is 3.02. The van der Waals surface area contributed by atoms with Crippen molar-refractivity contribution in [3.63, 3.8) is 0 Å². The number of para-hydroxylation sites is 1. The first-order chi connectivity index (χ1) is 12.2. The number of carbonyl (C=O) groups is 2. The lowest BCUT2D eigenvalue weighted by Gasteiger charge is -2.13. The highest BCUT2D eigenvalue weighted by molar-refractivity contribution is 7.89. The Kier molecular flexibility index (Phi) is 6.12. The maximum Gasteiger partial charge on any atom is 0.255 e. The number of sulfonamides is 1. The Balaban J connectivity index is 2.29. The van der Waals surface area contributed by atoms with Gasteiger partial charge in [-0.15, -0.1) is 0 Å². The zero-order valence-corrected chi connectivity index (χ0v) is 15.6. The smallest absolute Gasteiger partial charge is 0.255 e. The summed E-state index contributed by atoms with van der Waals surface area (Å²) in [7, 11) is -2.36. The van der Waals surface area contributed by atoms with Crippen molar-refractivity contribution in [3.05, 3.63) is 59.7 Å². The number of rotatable bonds is 6. The number of hydrogen-bond acceptors (Lipinski definition) is 4. The van der Waals surface area contributed by atoms with Crippen molar-refractivity contribution in [1.29, 1.82) is 0 Å². The van der Waals surface area contributed by atoms with E-state index in [1.165, 1.54) is 31.3 Å². The van der Waals surface area contributed by atoms with E-state index in [9.17, 15) is 18.0 Å². The van der Waals surface area contributed by atoms with E-state index < -0.39 is 15.9 Å². The van der Waals surface area contributed by atoms with Crippen molar-refractivity contribution < 1.29 is 18.0 Å². The molecule has 0 radical (unpaired) electrons. The van der Waals surface area contributed by atoms with E-state index in [0.29, 0.717) is 11.3 Å². The molecule has 26 heavy (non-hydrogen) atoms. The largest absolute Gasteiger partial charge is 0.350 e. The molecule has 2 aromatic rings. The molecular formula is C18H21N3O4S. The highest BCUT2D eigenvalue weighted by Gasteiger charge is 2.17. The second kappa shape index (κ2) is 8.11. The van der Waals surface area contributed by atoms with E-state index in [1.54, 1.807) is 24.3 Å². The first-order valence-electron chi connectivity index (χ1n) is 7.99. The van der Waals surface area contributed by atoms with Crippen molar-refractivity contribution in [2.24, 2.45) is 0 Å². The van der Waals surface area contributed by atoms with E-state index in [1.807, 2.05) is 13.8 Å². The lowest BCUT2D eigenvalue weighted by molar-refractivity contribution is 0.0944. The third kappa shape index (κ3) is 4.68. The fourth-order valence-electron chi connectivity index (χ4n) is 2.25. The monoisotopic (exact) mass is 375 g/mol. The minimum Gasteiger partial charge on any atom is -0.350 e. The lowest BCUT2D eigenvalue weighted by atomic mass is 10.1. The highest BCUT2D eigenvalue weighted by Crippen LogP contribution is 2.18. The van der Waals surface area contributed by atoms with Crippen molar-refractivity contribution in [3.8, 4) is 0 Å². The van der Waals surface area contributed by atoms with Gasteiger partial charge >= 0.3 is 0 Å². The summed E-state index contributed by atoms with van der Waals surface area (Å²) in [5.41, 5.74) is 0.839. The molecule has 138 valence electrons. The molecule has 0 aliphatic rings. The van der Waals surface area contributed by atoms with Crippen LogP contribution in [0.3, 0.4) is 0 Å². The molecule has 7 nitrogen and oxygen atoms in total. The maximum atomic E-state index is 12.5. The lowest BCUT2D eigenvalue weighted by Crippen LogP contribution is -2.31. The second-order valence-corrected chi connectivity index (χ2v) is 7.75. The summed E-state index contributed by atoms with van der Waals surface area (Å²) < 4.78 is 26.0.